The third-order valence-electron chi connectivity index (χ3n) is 3.85. The minimum Gasteiger partial charge on any atom is -0.508 e. The number of carbonyl (C=O) groups excluding carboxylic acids is 1. The highest BCUT2D eigenvalue weighted by atomic mass is 32.2. The summed E-state index contributed by atoms with van der Waals surface area (Å²) in [7, 11) is 0. The van der Waals surface area contributed by atoms with Crippen LogP contribution in [-0.2, 0) is 9.53 Å². The molecule has 0 amide bonds. The van der Waals surface area contributed by atoms with Crippen LogP contribution in [0, 0.1) is 10.1 Å². The number of hydrogen-bond acceptors (Lipinski definition) is 8. The molecule has 0 fully saturated rings. The van der Waals surface area contributed by atoms with Crippen LogP contribution in [0.25, 0.3) is 6.08 Å². The second kappa shape index (κ2) is 8.61. The fraction of sp³-hybridized carbons (Fsp3) is 0.100. The molecule has 148 valence electrons. The number of hydrogen-bond donors (Lipinski definition) is 2. The Labute approximate surface area is 170 Å². The second-order valence-corrected chi connectivity index (χ2v) is 6.87. The van der Waals surface area contributed by atoms with E-state index in [1.165, 1.54) is 36.4 Å². The number of aliphatic hydroxyl groups is 1. The van der Waals surface area contributed by atoms with E-state index < -0.39 is 10.9 Å². The standard InChI is InChI=1S/C20H16N2O6S/c1-2-28-20(25)17-18(24)16(11-12-3-9-15(23)10-4-12)29-19(17)21-13-5-7-14(8-6-13)22(26)27/h3-11,23-24H,2H2,1H3. The first-order valence-corrected chi connectivity index (χ1v) is 9.33. The number of non-ortho nitro benzene ring substituents is 1. The number of nitro groups is 1. The Morgan fingerprint density at radius 3 is 2.41 bits per heavy atom. The molecule has 1 aliphatic heterocycles. The molecule has 0 radical (unpaired) electrons. The lowest BCUT2D eigenvalue weighted by Gasteiger charge is -2.03. The van der Waals surface area contributed by atoms with Crippen LogP contribution >= 0.6 is 11.8 Å². The Hall–Kier alpha value is -3.59. The number of phenols is 1. The first-order valence-electron chi connectivity index (χ1n) is 8.52. The number of esters is 1. The van der Waals surface area contributed by atoms with Crippen LogP contribution in [0.3, 0.4) is 0 Å². The van der Waals surface area contributed by atoms with E-state index >= 15 is 0 Å². The summed E-state index contributed by atoms with van der Waals surface area (Å²) in [6, 6.07) is 11.8. The predicted octanol–water partition coefficient (Wildman–Crippen LogP) is 4.49. The minimum absolute atomic E-state index is 0.0692. The largest absolute Gasteiger partial charge is 0.508 e. The van der Waals surface area contributed by atoms with Gasteiger partial charge in [-0.2, -0.15) is 0 Å². The molecule has 1 heterocycles. The fourth-order valence-corrected chi connectivity index (χ4v) is 3.52. The molecule has 1 aliphatic rings. The van der Waals surface area contributed by atoms with Crippen LogP contribution in [0.1, 0.15) is 12.5 Å². The summed E-state index contributed by atoms with van der Waals surface area (Å²) in [5.74, 6) is -0.868. The highest BCUT2D eigenvalue weighted by Crippen LogP contribution is 2.40. The molecular formula is C20H16N2O6S. The molecule has 9 heteroatoms. The normalized spacial score (nSPS) is 16.4. The molecule has 2 aromatic carbocycles. The molecule has 0 aliphatic carbocycles. The first-order chi connectivity index (χ1) is 13.9. The Kier molecular flexibility index (Phi) is 5.99. The molecule has 8 nitrogen and oxygen atoms in total. The molecule has 0 saturated carbocycles. The third-order valence-corrected chi connectivity index (χ3v) is 4.87. The molecule has 2 aromatic rings. The zero-order valence-electron chi connectivity index (χ0n) is 15.2. The number of nitrogens with zero attached hydrogens (tertiary/aromatic N) is 2. The number of aromatic hydroxyl groups is 1. The highest BCUT2D eigenvalue weighted by Gasteiger charge is 2.33. The summed E-state index contributed by atoms with van der Waals surface area (Å²) in [4.78, 5) is 27.4. The lowest BCUT2D eigenvalue weighted by molar-refractivity contribution is -0.384. The molecule has 3 rings (SSSR count). The molecule has 0 aromatic heterocycles. The zero-order valence-corrected chi connectivity index (χ0v) is 16.0. The molecule has 0 saturated heterocycles. The van der Waals surface area contributed by atoms with Crippen molar-refractivity contribution in [3.8, 4) is 5.75 Å². The van der Waals surface area contributed by atoms with Crippen molar-refractivity contribution < 1.29 is 24.7 Å². The van der Waals surface area contributed by atoms with E-state index in [-0.39, 0.29) is 34.4 Å². The number of rotatable bonds is 5. The van der Waals surface area contributed by atoms with Crippen molar-refractivity contribution in [3.05, 3.63) is 80.4 Å². The lowest BCUT2D eigenvalue weighted by Crippen LogP contribution is -2.12. The first kappa shape index (κ1) is 20.2. The maximum absolute atomic E-state index is 12.4. The summed E-state index contributed by atoms with van der Waals surface area (Å²) < 4.78 is 5.03. The van der Waals surface area contributed by atoms with Gasteiger partial charge in [0.05, 0.1) is 22.1 Å². The van der Waals surface area contributed by atoms with E-state index in [2.05, 4.69) is 4.99 Å². The van der Waals surface area contributed by atoms with E-state index in [1.54, 1.807) is 25.1 Å². The number of carbonyl (C=O) groups is 1. The van der Waals surface area contributed by atoms with Crippen molar-refractivity contribution in [2.24, 2.45) is 4.99 Å². The van der Waals surface area contributed by atoms with Gasteiger partial charge in [0.2, 0.25) is 0 Å². The van der Waals surface area contributed by atoms with Gasteiger partial charge in [-0.3, -0.25) is 10.1 Å². The number of aliphatic hydroxyl groups excluding tert-OH is 1. The maximum Gasteiger partial charge on any atom is 0.344 e. The van der Waals surface area contributed by atoms with Crippen molar-refractivity contribution in [2.75, 3.05) is 6.61 Å². The monoisotopic (exact) mass is 412 g/mol. The number of benzene rings is 2. The summed E-state index contributed by atoms with van der Waals surface area (Å²) >= 11 is 1.08. The van der Waals surface area contributed by atoms with Gasteiger partial charge in [0.25, 0.3) is 5.69 Å². The predicted molar refractivity (Wildman–Crippen MR) is 110 cm³/mol. The Bertz CT molecular complexity index is 1040. The number of thioether (sulfide) groups is 1. The second-order valence-electron chi connectivity index (χ2n) is 5.84. The van der Waals surface area contributed by atoms with E-state index in [4.69, 9.17) is 4.74 Å². The number of aliphatic imine (C=N–C) groups is 1. The van der Waals surface area contributed by atoms with Crippen molar-refractivity contribution in [3.63, 3.8) is 0 Å². The van der Waals surface area contributed by atoms with Gasteiger partial charge in [-0.1, -0.05) is 23.9 Å². The maximum atomic E-state index is 12.4. The molecule has 0 spiro atoms. The van der Waals surface area contributed by atoms with Crippen molar-refractivity contribution >= 4 is 40.2 Å². The van der Waals surface area contributed by atoms with Gasteiger partial charge in [-0.05, 0) is 42.8 Å². The molecule has 0 unspecified atom stereocenters. The fourth-order valence-electron chi connectivity index (χ4n) is 2.48. The molecule has 0 atom stereocenters. The van der Waals surface area contributed by atoms with Gasteiger partial charge in [0, 0.05) is 12.1 Å². The molecular weight excluding hydrogens is 396 g/mol. The topological polar surface area (TPSA) is 122 Å². The zero-order chi connectivity index (χ0) is 21.0. The van der Waals surface area contributed by atoms with Gasteiger partial charge >= 0.3 is 5.97 Å². The van der Waals surface area contributed by atoms with Crippen molar-refractivity contribution in [1.82, 2.24) is 0 Å². The van der Waals surface area contributed by atoms with Crippen LogP contribution in [-0.4, -0.2) is 32.8 Å². The minimum atomic E-state index is -0.715. The van der Waals surface area contributed by atoms with Crippen molar-refractivity contribution in [2.45, 2.75) is 6.92 Å². The summed E-state index contributed by atoms with van der Waals surface area (Å²) in [5, 5.41) is 31.0. The molecule has 2 N–H and O–H groups in total. The summed E-state index contributed by atoms with van der Waals surface area (Å²) in [6.07, 6.45) is 1.65. The summed E-state index contributed by atoms with van der Waals surface area (Å²) in [6.45, 7) is 1.78. The van der Waals surface area contributed by atoms with Gasteiger partial charge < -0.3 is 14.9 Å². The van der Waals surface area contributed by atoms with Crippen LogP contribution in [0.2, 0.25) is 0 Å². The van der Waals surface area contributed by atoms with Crippen LogP contribution in [0.5, 0.6) is 5.75 Å². The van der Waals surface area contributed by atoms with E-state index in [1.807, 2.05) is 0 Å². The number of phenolic OH excluding ortho intramolecular Hbond substituents is 1. The average Bonchev–Trinajstić information content (AvgIpc) is 2.99. The van der Waals surface area contributed by atoms with Gasteiger partial charge in [0.15, 0.2) is 0 Å². The Morgan fingerprint density at radius 1 is 1.17 bits per heavy atom. The molecule has 0 bridgehead atoms. The number of ether oxygens (including phenoxy) is 1. The quantitative estimate of drug-likeness (QED) is 0.421. The van der Waals surface area contributed by atoms with E-state index in [9.17, 15) is 25.1 Å². The third kappa shape index (κ3) is 4.64. The lowest BCUT2D eigenvalue weighted by atomic mass is 10.1. The van der Waals surface area contributed by atoms with E-state index in [0.29, 0.717) is 16.2 Å². The van der Waals surface area contributed by atoms with Crippen molar-refractivity contribution in [1.29, 1.82) is 0 Å². The smallest absolute Gasteiger partial charge is 0.344 e. The Balaban J connectivity index is 2.00. The van der Waals surface area contributed by atoms with Crippen LogP contribution in [0.4, 0.5) is 11.4 Å². The van der Waals surface area contributed by atoms with Gasteiger partial charge in [-0.25, -0.2) is 9.79 Å². The SMILES string of the molecule is CCOC(=O)C1=C(O)C(=Cc2ccc(O)cc2)SC1=Nc1ccc([N+](=O)[O-])cc1. The number of nitro benzene ring substituents is 1. The van der Waals surface area contributed by atoms with Crippen LogP contribution in [0.15, 0.2) is 69.8 Å². The highest BCUT2D eigenvalue weighted by molar-refractivity contribution is 8.18. The average molecular weight is 412 g/mol. The van der Waals surface area contributed by atoms with Crippen LogP contribution < -0.4 is 0 Å². The summed E-state index contributed by atoms with van der Waals surface area (Å²) in [5.41, 5.74) is 0.945. The molecule has 29 heavy (non-hydrogen) atoms. The Morgan fingerprint density at radius 2 is 1.83 bits per heavy atom. The van der Waals surface area contributed by atoms with E-state index in [0.717, 1.165) is 11.8 Å². The van der Waals surface area contributed by atoms with Gasteiger partial charge in [0.1, 0.15) is 22.1 Å². The van der Waals surface area contributed by atoms with Gasteiger partial charge in [-0.15, -0.1) is 0 Å².